The molecule has 1 aliphatic rings. The Bertz CT molecular complexity index is 1200. The van der Waals surface area contributed by atoms with E-state index in [1.54, 1.807) is 24.0 Å². The summed E-state index contributed by atoms with van der Waals surface area (Å²) < 4.78 is 11.1. The summed E-state index contributed by atoms with van der Waals surface area (Å²) in [5.41, 5.74) is 1.48. The van der Waals surface area contributed by atoms with Gasteiger partial charge in [0.2, 0.25) is 0 Å². The molecule has 0 saturated carbocycles. The SMILES string of the molecule is CC(O)c1oc(=O)c2ccccc2c1-c1cccc(C2CCCN2C(=O)OC(C)(C)C)c1. The number of ether oxygens (including phenoxy) is 1. The molecule has 0 radical (unpaired) electrons. The van der Waals surface area contributed by atoms with Crippen LogP contribution in [0.4, 0.5) is 4.79 Å². The molecule has 1 saturated heterocycles. The molecule has 2 heterocycles. The van der Waals surface area contributed by atoms with Gasteiger partial charge in [-0.15, -0.1) is 0 Å². The van der Waals surface area contributed by atoms with Crippen LogP contribution in [0.5, 0.6) is 0 Å². The molecule has 4 rings (SSSR count). The molecule has 6 nitrogen and oxygen atoms in total. The van der Waals surface area contributed by atoms with Gasteiger partial charge in [0.05, 0.1) is 11.4 Å². The molecule has 1 aliphatic heterocycles. The Labute approximate surface area is 187 Å². The van der Waals surface area contributed by atoms with Gasteiger partial charge in [-0.1, -0.05) is 36.4 Å². The van der Waals surface area contributed by atoms with Crippen molar-refractivity contribution in [3.63, 3.8) is 0 Å². The number of benzene rings is 2. The first-order valence-corrected chi connectivity index (χ1v) is 11.0. The van der Waals surface area contributed by atoms with Gasteiger partial charge in [-0.3, -0.25) is 0 Å². The molecule has 0 aliphatic carbocycles. The summed E-state index contributed by atoms with van der Waals surface area (Å²) in [6.07, 6.45) is 0.481. The first-order valence-electron chi connectivity index (χ1n) is 11.0. The van der Waals surface area contributed by atoms with Crippen LogP contribution in [0.2, 0.25) is 0 Å². The second kappa shape index (κ2) is 8.43. The Hall–Kier alpha value is -3.12. The van der Waals surface area contributed by atoms with Crippen LogP contribution in [0.1, 0.15) is 64.0 Å². The summed E-state index contributed by atoms with van der Waals surface area (Å²) in [7, 11) is 0. The highest BCUT2D eigenvalue weighted by atomic mass is 16.6. The van der Waals surface area contributed by atoms with Gasteiger partial charge >= 0.3 is 11.7 Å². The summed E-state index contributed by atoms with van der Waals surface area (Å²) in [5.74, 6) is 0.237. The van der Waals surface area contributed by atoms with Gasteiger partial charge < -0.3 is 19.2 Å². The van der Waals surface area contributed by atoms with Crippen molar-refractivity contribution in [2.24, 2.45) is 0 Å². The molecule has 1 aromatic heterocycles. The van der Waals surface area contributed by atoms with E-state index in [0.29, 0.717) is 17.5 Å². The van der Waals surface area contributed by atoms with Gasteiger partial charge in [-0.2, -0.15) is 0 Å². The zero-order chi connectivity index (χ0) is 23.0. The maximum atomic E-state index is 12.8. The number of hydrogen-bond donors (Lipinski definition) is 1. The molecule has 6 heteroatoms. The quantitative estimate of drug-likeness (QED) is 0.580. The smallest absolute Gasteiger partial charge is 0.410 e. The van der Waals surface area contributed by atoms with Gasteiger partial charge in [0, 0.05) is 17.5 Å². The van der Waals surface area contributed by atoms with E-state index in [9.17, 15) is 14.7 Å². The molecule has 3 aromatic rings. The molecule has 1 fully saturated rings. The number of carbonyl (C=O) groups is 1. The fraction of sp³-hybridized carbons (Fsp3) is 0.385. The van der Waals surface area contributed by atoms with Crippen molar-refractivity contribution in [2.75, 3.05) is 6.54 Å². The molecule has 2 unspecified atom stereocenters. The van der Waals surface area contributed by atoms with E-state index in [0.717, 1.165) is 29.4 Å². The Balaban J connectivity index is 1.80. The highest BCUT2D eigenvalue weighted by Crippen LogP contribution is 2.38. The Morgan fingerprint density at radius 1 is 1.16 bits per heavy atom. The third-order valence-electron chi connectivity index (χ3n) is 5.69. The first-order chi connectivity index (χ1) is 15.2. The Morgan fingerprint density at radius 2 is 1.88 bits per heavy atom. The van der Waals surface area contributed by atoms with Crippen LogP contribution in [0.15, 0.2) is 57.7 Å². The number of fused-ring (bicyclic) bond motifs is 1. The van der Waals surface area contributed by atoms with Crippen molar-refractivity contribution in [3.05, 3.63) is 70.3 Å². The summed E-state index contributed by atoms with van der Waals surface area (Å²) in [5, 5.41) is 11.5. The maximum Gasteiger partial charge on any atom is 0.410 e. The van der Waals surface area contributed by atoms with Crippen molar-refractivity contribution in [1.82, 2.24) is 4.90 Å². The zero-order valence-corrected chi connectivity index (χ0v) is 18.9. The summed E-state index contributed by atoms with van der Waals surface area (Å²) in [6.45, 7) is 7.82. The van der Waals surface area contributed by atoms with E-state index in [1.807, 2.05) is 57.2 Å². The van der Waals surface area contributed by atoms with E-state index in [2.05, 4.69) is 0 Å². The molecule has 2 aromatic carbocycles. The van der Waals surface area contributed by atoms with Crippen LogP contribution in [-0.4, -0.2) is 28.2 Å². The van der Waals surface area contributed by atoms with Gasteiger partial charge in [0.25, 0.3) is 0 Å². The number of likely N-dealkylation sites (tertiary alicyclic amines) is 1. The van der Waals surface area contributed by atoms with Crippen molar-refractivity contribution in [3.8, 4) is 11.1 Å². The van der Waals surface area contributed by atoms with E-state index in [4.69, 9.17) is 9.15 Å². The van der Waals surface area contributed by atoms with Crippen LogP contribution in [0.25, 0.3) is 21.9 Å². The summed E-state index contributed by atoms with van der Waals surface area (Å²) >= 11 is 0. The van der Waals surface area contributed by atoms with Gasteiger partial charge in [0.1, 0.15) is 17.5 Å². The Kier molecular flexibility index (Phi) is 5.82. The lowest BCUT2D eigenvalue weighted by Gasteiger charge is -2.29. The second-order valence-electron chi connectivity index (χ2n) is 9.31. The fourth-order valence-electron chi connectivity index (χ4n) is 4.36. The van der Waals surface area contributed by atoms with Crippen molar-refractivity contribution in [2.45, 2.75) is 58.3 Å². The number of carbonyl (C=O) groups excluding carboxylic acids is 1. The number of rotatable bonds is 3. The number of nitrogens with zero attached hydrogens (tertiary/aromatic N) is 1. The summed E-state index contributed by atoms with van der Waals surface area (Å²) in [4.78, 5) is 27.0. The van der Waals surface area contributed by atoms with Gasteiger partial charge in [-0.25, -0.2) is 9.59 Å². The van der Waals surface area contributed by atoms with Crippen molar-refractivity contribution < 1.29 is 19.1 Å². The molecule has 32 heavy (non-hydrogen) atoms. The van der Waals surface area contributed by atoms with Crippen LogP contribution < -0.4 is 5.63 Å². The average molecular weight is 436 g/mol. The van der Waals surface area contributed by atoms with Gasteiger partial charge in [0.15, 0.2) is 0 Å². The molecular weight excluding hydrogens is 406 g/mol. The van der Waals surface area contributed by atoms with Crippen LogP contribution >= 0.6 is 0 Å². The average Bonchev–Trinajstić information content (AvgIpc) is 3.23. The number of hydrogen-bond acceptors (Lipinski definition) is 5. The molecule has 168 valence electrons. The lowest BCUT2D eigenvalue weighted by Crippen LogP contribution is -2.36. The minimum absolute atomic E-state index is 0.0956. The van der Waals surface area contributed by atoms with Crippen molar-refractivity contribution >= 4 is 16.9 Å². The number of aliphatic hydroxyl groups excluding tert-OH is 1. The second-order valence-corrected chi connectivity index (χ2v) is 9.31. The standard InChI is InChI=1S/C26H29NO5/c1-16(28)23-22(19-11-5-6-12-20(19)24(29)31-23)18-10-7-9-17(15-18)21-13-8-14-27(21)25(30)32-26(2,3)4/h5-7,9-12,15-16,21,28H,8,13-14H2,1-4H3. The van der Waals surface area contributed by atoms with E-state index < -0.39 is 17.3 Å². The van der Waals surface area contributed by atoms with Crippen LogP contribution in [-0.2, 0) is 4.74 Å². The maximum absolute atomic E-state index is 12.8. The topological polar surface area (TPSA) is 80.0 Å². The first kappa shape index (κ1) is 22.1. The monoisotopic (exact) mass is 435 g/mol. The molecular formula is C26H29NO5. The minimum Gasteiger partial charge on any atom is -0.444 e. The lowest BCUT2D eigenvalue weighted by molar-refractivity contribution is 0.0224. The van der Waals surface area contributed by atoms with Crippen LogP contribution in [0.3, 0.4) is 0 Å². The van der Waals surface area contributed by atoms with Gasteiger partial charge in [-0.05, 0) is 63.8 Å². The third kappa shape index (κ3) is 4.28. The molecule has 0 spiro atoms. The predicted molar refractivity (Wildman–Crippen MR) is 123 cm³/mol. The highest BCUT2D eigenvalue weighted by molar-refractivity contribution is 5.96. The van der Waals surface area contributed by atoms with E-state index in [1.165, 1.54) is 0 Å². The van der Waals surface area contributed by atoms with Crippen LogP contribution in [0, 0.1) is 0 Å². The highest BCUT2D eigenvalue weighted by Gasteiger charge is 2.33. The lowest BCUT2D eigenvalue weighted by atomic mass is 9.93. The normalized spacial score (nSPS) is 17.5. The zero-order valence-electron chi connectivity index (χ0n) is 18.9. The fourth-order valence-corrected chi connectivity index (χ4v) is 4.36. The molecule has 1 amide bonds. The molecule has 1 N–H and O–H groups in total. The van der Waals surface area contributed by atoms with E-state index in [-0.39, 0.29) is 17.9 Å². The third-order valence-corrected chi connectivity index (χ3v) is 5.69. The predicted octanol–water partition coefficient (Wildman–Crippen LogP) is 5.59. The molecule has 0 bridgehead atoms. The molecule has 2 atom stereocenters. The number of amides is 1. The minimum atomic E-state index is -0.948. The van der Waals surface area contributed by atoms with E-state index >= 15 is 0 Å². The Morgan fingerprint density at radius 3 is 2.56 bits per heavy atom. The van der Waals surface area contributed by atoms with Crippen molar-refractivity contribution in [1.29, 1.82) is 0 Å². The largest absolute Gasteiger partial charge is 0.444 e. The number of aliphatic hydroxyl groups is 1. The summed E-state index contributed by atoms with van der Waals surface area (Å²) in [6, 6.07) is 15.0.